The third-order valence-electron chi connectivity index (χ3n) is 5.55. The Bertz CT molecular complexity index is 1540. The molecule has 6 rings (SSSR count). The maximum atomic E-state index is 4.76. The van der Waals surface area contributed by atoms with Crippen LogP contribution in [0, 0.1) is 0 Å². The van der Waals surface area contributed by atoms with Crippen LogP contribution in [0.4, 0.5) is 0 Å². The van der Waals surface area contributed by atoms with Crippen molar-refractivity contribution in [1.29, 1.82) is 0 Å². The highest BCUT2D eigenvalue weighted by Gasteiger charge is 2.16. The molecular formula is C27H20N4S3. The summed E-state index contributed by atoms with van der Waals surface area (Å²) in [5.41, 5.74) is 3.43. The summed E-state index contributed by atoms with van der Waals surface area (Å²) in [6, 6.07) is 33.6. The number of hydrogen-bond donors (Lipinski definition) is 0. The highest BCUT2D eigenvalue weighted by Crippen LogP contribution is 2.33. The van der Waals surface area contributed by atoms with Crippen LogP contribution in [0.5, 0.6) is 0 Å². The molecule has 0 radical (unpaired) electrons. The first kappa shape index (κ1) is 21.4. The molecule has 0 N–H and O–H groups in total. The molecule has 0 spiro atoms. The maximum absolute atomic E-state index is 4.76. The molecule has 166 valence electrons. The molecule has 0 atom stereocenters. The van der Waals surface area contributed by atoms with E-state index in [2.05, 4.69) is 99.7 Å². The number of rotatable bonds is 7. The Balaban J connectivity index is 1.28. The zero-order valence-electron chi connectivity index (χ0n) is 18.2. The fourth-order valence-electron chi connectivity index (χ4n) is 3.92. The maximum Gasteiger partial charge on any atom is 0.196 e. The lowest BCUT2D eigenvalue weighted by Gasteiger charge is -2.10. The van der Waals surface area contributed by atoms with Gasteiger partial charge in [0.25, 0.3) is 0 Å². The van der Waals surface area contributed by atoms with Crippen LogP contribution in [0.1, 0.15) is 11.4 Å². The molecule has 7 heteroatoms. The average Bonchev–Trinajstić information content (AvgIpc) is 3.50. The molecule has 34 heavy (non-hydrogen) atoms. The highest BCUT2D eigenvalue weighted by atomic mass is 32.2. The minimum absolute atomic E-state index is 0.705. The number of thioether (sulfide) groups is 2. The van der Waals surface area contributed by atoms with Crippen molar-refractivity contribution in [3.05, 3.63) is 108 Å². The van der Waals surface area contributed by atoms with Gasteiger partial charge in [0.15, 0.2) is 9.50 Å². The van der Waals surface area contributed by atoms with Crippen LogP contribution in [0.15, 0.2) is 107 Å². The summed E-state index contributed by atoms with van der Waals surface area (Å²) in [5, 5.41) is 12.6. The molecule has 0 bridgehead atoms. The van der Waals surface area contributed by atoms with Crippen molar-refractivity contribution in [2.75, 3.05) is 0 Å². The zero-order valence-corrected chi connectivity index (χ0v) is 20.6. The summed E-state index contributed by atoms with van der Waals surface area (Å²) in [5.74, 6) is 2.46. The van der Waals surface area contributed by atoms with Gasteiger partial charge in [0.05, 0.1) is 16.0 Å². The largest absolute Gasteiger partial charge is 0.273 e. The number of para-hydroxylation sites is 2. The second-order valence-corrected chi connectivity index (χ2v) is 10.9. The molecule has 0 fully saturated rings. The molecule has 0 unspecified atom stereocenters. The van der Waals surface area contributed by atoms with E-state index in [1.165, 1.54) is 21.0 Å². The first-order valence-corrected chi connectivity index (χ1v) is 13.7. The predicted octanol–water partition coefficient (Wildman–Crippen LogP) is 7.61. The first-order chi connectivity index (χ1) is 16.8. The van der Waals surface area contributed by atoms with Crippen molar-refractivity contribution in [1.82, 2.24) is 19.7 Å². The van der Waals surface area contributed by atoms with E-state index in [0.29, 0.717) is 5.75 Å². The molecule has 0 aliphatic heterocycles. The number of fused-ring (bicyclic) bond motifs is 2. The summed E-state index contributed by atoms with van der Waals surface area (Å²) in [6.45, 7) is 0. The van der Waals surface area contributed by atoms with Crippen molar-refractivity contribution in [3.63, 3.8) is 0 Å². The summed E-state index contributed by atoms with van der Waals surface area (Å²) in [4.78, 5) is 4.76. The van der Waals surface area contributed by atoms with Crippen LogP contribution in [-0.4, -0.2) is 19.7 Å². The van der Waals surface area contributed by atoms with Crippen LogP contribution in [0.3, 0.4) is 0 Å². The van der Waals surface area contributed by atoms with E-state index in [9.17, 15) is 0 Å². The summed E-state index contributed by atoms with van der Waals surface area (Å²) in [7, 11) is 0. The molecule has 6 aromatic rings. The van der Waals surface area contributed by atoms with Crippen LogP contribution >= 0.6 is 34.9 Å². The normalized spacial score (nSPS) is 11.4. The predicted molar refractivity (Wildman–Crippen MR) is 144 cm³/mol. The SMILES string of the molecule is c1ccc(-n2c(CSc3nc4ccccc4s3)nnc2SCc2cccc3ccccc23)cc1. The monoisotopic (exact) mass is 496 g/mol. The Kier molecular flexibility index (Phi) is 6.06. The van der Waals surface area contributed by atoms with Crippen molar-refractivity contribution >= 4 is 55.8 Å². The van der Waals surface area contributed by atoms with Gasteiger partial charge in [-0.25, -0.2) is 4.98 Å². The van der Waals surface area contributed by atoms with E-state index in [1.807, 2.05) is 12.1 Å². The van der Waals surface area contributed by atoms with E-state index in [0.717, 1.165) is 32.3 Å². The van der Waals surface area contributed by atoms with Gasteiger partial charge in [0.2, 0.25) is 0 Å². The zero-order chi connectivity index (χ0) is 22.7. The van der Waals surface area contributed by atoms with Crippen molar-refractivity contribution in [2.24, 2.45) is 0 Å². The van der Waals surface area contributed by atoms with Gasteiger partial charge in [-0.05, 0) is 40.6 Å². The van der Waals surface area contributed by atoms with Gasteiger partial charge in [0.1, 0.15) is 5.82 Å². The number of thiazole rings is 1. The topological polar surface area (TPSA) is 43.6 Å². The second kappa shape index (κ2) is 9.62. The molecule has 4 aromatic carbocycles. The molecule has 0 saturated carbocycles. The Morgan fingerprint density at radius 3 is 2.41 bits per heavy atom. The van der Waals surface area contributed by atoms with Gasteiger partial charge >= 0.3 is 0 Å². The number of benzene rings is 4. The Hall–Kier alpha value is -3.13. The third-order valence-corrected chi connectivity index (χ3v) is 8.70. The summed E-state index contributed by atoms with van der Waals surface area (Å²) < 4.78 is 4.44. The molecular weight excluding hydrogens is 477 g/mol. The molecule has 0 saturated heterocycles. The van der Waals surface area contributed by atoms with Crippen molar-refractivity contribution < 1.29 is 0 Å². The van der Waals surface area contributed by atoms with Gasteiger partial charge in [-0.15, -0.1) is 21.5 Å². The smallest absolute Gasteiger partial charge is 0.196 e. The number of hydrogen-bond acceptors (Lipinski definition) is 6. The fraction of sp³-hybridized carbons (Fsp3) is 0.0741. The second-order valence-electron chi connectivity index (χ2n) is 7.73. The number of nitrogens with zero attached hydrogens (tertiary/aromatic N) is 4. The lowest BCUT2D eigenvalue weighted by atomic mass is 10.1. The van der Waals surface area contributed by atoms with Gasteiger partial charge in [-0.2, -0.15) is 0 Å². The van der Waals surface area contributed by atoms with E-state index in [4.69, 9.17) is 4.98 Å². The van der Waals surface area contributed by atoms with E-state index in [-0.39, 0.29) is 0 Å². The van der Waals surface area contributed by atoms with E-state index in [1.54, 1.807) is 34.9 Å². The minimum atomic E-state index is 0.705. The molecule has 0 aliphatic rings. The van der Waals surface area contributed by atoms with E-state index < -0.39 is 0 Å². The Morgan fingerprint density at radius 2 is 1.50 bits per heavy atom. The Labute approximate surface area is 210 Å². The van der Waals surface area contributed by atoms with Crippen LogP contribution < -0.4 is 0 Å². The lowest BCUT2D eigenvalue weighted by Crippen LogP contribution is -2.02. The first-order valence-electron chi connectivity index (χ1n) is 10.9. The van der Waals surface area contributed by atoms with Gasteiger partial charge in [-0.3, -0.25) is 4.57 Å². The van der Waals surface area contributed by atoms with Crippen molar-refractivity contribution in [3.8, 4) is 5.69 Å². The quantitative estimate of drug-likeness (QED) is 0.213. The van der Waals surface area contributed by atoms with Gasteiger partial charge in [0, 0.05) is 11.4 Å². The molecule has 4 nitrogen and oxygen atoms in total. The molecule has 2 heterocycles. The van der Waals surface area contributed by atoms with E-state index >= 15 is 0 Å². The summed E-state index contributed by atoms with van der Waals surface area (Å²) >= 11 is 5.16. The van der Waals surface area contributed by atoms with Gasteiger partial charge < -0.3 is 0 Å². The Morgan fingerprint density at radius 1 is 0.706 bits per heavy atom. The lowest BCUT2D eigenvalue weighted by molar-refractivity contribution is 0.864. The average molecular weight is 497 g/mol. The fourth-order valence-corrected chi connectivity index (χ4v) is 6.88. The molecule has 0 amide bonds. The van der Waals surface area contributed by atoms with Crippen molar-refractivity contribution in [2.45, 2.75) is 21.0 Å². The molecule has 2 aromatic heterocycles. The highest BCUT2D eigenvalue weighted by molar-refractivity contribution is 8.00. The third kappa shape index (κ3) is 4.34. The number of aromatic nitrogens is 4. The van der Waals surface area contributed by atoms with Crippen LogP contribution in [0.25, 0.3) is 26.7 Å². The van der Waals surface area contributed by atoms with Gasteiger partial charge in [-0.1, -0.05) is 96.3 Å². The molecule has 0 aliphatic carbocycles. The minimum Gasteiger partial charge on any atom is -0.273 e. The van der Waals surface area contributed by atoms with Crippen LogP contribution in [0.2, 0.25) is 0 Å². The standard InChI is InChI=1S/C27H20N4S3/c1-2-12-21(13-3-1)31-25(18-33-27-28-23-15-6-7-16-24(23)34-27)29-30-26(31)32-17-20-11-8-10-19-9-4-5-14-22(19)20/h1-16H,17-18H2. The van der Waals surface area contributed by atoms with Crippen LogP contribution in [-0.2, 0) is 11.5 Å². The summed E-state index contributed by atoms with van der Waals surface area (Å²) in [6.07, 6.45) is 0.